The first kappa shape index (κ1) is 14.8. The molecule has 0 radical (unpaired) electrons. The van der Waals surface area contributed by atoms with Crippen LogP contribution in [0.15, 0.2) is 41.2 Å². The third-order valence-electron chi connectivity index (χ3n) is 3.18. The molecule has 0 bridgehead atoms. The molecule has 0 spiro atoms. The van der Waals surface area contributed by atoms with Gasteiger partial charge in [0.25, 0.3) is 5.88 Å². The van der Waals surface area contributed by atoms with E-state index >= 15 is 0 Å². The summed E-state index contributed by atoms with van der Waals surface area (Å²) < 4.78 is 9.98. The van der Waals surface area contributed by atoms with Crippen molar-refractivity contribution < 1.29 is 14.1 Å². The van der Waals surface area contributed by atoms with Gasteiger partial charge >= 0.3 is 0 Å². The first-order chi connectivity index (χ1) is 11.2. The summed E-state index contributed by atoms with van der Waals surface area (Å²) in [6.07, 6.45) is 2.17. The van der Waals surface area contributed by atoms with Crippen molar-refractivity contribution in [3.8, 4) is 17.3 Å². The summed E-state index contributed by atoms with van der Waals surface area (Å²) in [5.41, 5.74) is 1.54. The SMILES string of the molecule is COc1cc(CCC(=O)Nc2cccc(-c3ncn[nH]3)c2)on1. The van der Waals surface area contributed by atoms with Crippen LogP contribution in [-0.2, 0) is 11.2 Å². The predicted molar refractivity (Wildman–Crippen MR) is 81.8 cm³/mol. The van der Waals surface area contributed by atoms with Gasteiger partial charge in [0, 0.05) is 30.2 Å². The number of hydrogen-bond acceptors (Lipinski definition) is 6. The Hall–Kier alpha value is -3.16. The summed E-state index contributed by atoms with van der Waals surface area (Å²) in [6.45, 7) is 0. The van der Waals surface area contributed by atoms with Gasteiger partial charge in [0.2, 0.25) is 5.91 Å². The molecule has 0 aliphatic rings. The van der Waals surface area contributed by atoms with Gasteiger partial charge in [-0.2, -0.15) is 5.10 Å². The molecule has 0 saturated heterocycles. The molecule has 23 heavy (non-hydrogen) atoms. The molecular formula is C15H15N5O3. The van der Waals surface area contributed by atoms with Crippen LogP contribution >= 0.6 is 0 Å². The van der Waals surface area contributed by atoms with Crippen LogP contribution in [0.25, 0.3) is 11.4 Å². The number of benzene rings is 1. The highest BCUT2D eigenvalue weighted by Crippen LogP contribution is 2.19. The second-order valence-corrected chi connectivity index (χ2v) is 4.80. The topological polar surface area (TPSA) is 106 Å². The Labute approximate surface area is 131 Å². The molecule has 3 rings (SSSR count). The highest BCUT2D eigenvalue weighted by Gasteiger charge is 2.09. The number of nitrogens with zero attached hydrogens (tertiary/aromatic N) is 3. The Kier molecular flexibility index (Phi) is 4.32. The molecule has 0 unspecified atom stereocenters. The van der Waals surface area contributed by atoms with Crippen LogP contribution in [0, 0.1) is 0 Å². The number of aromatic amines is 1. The van der Waals surface area contributed by atoms with E-state index in [1.54, 1.807) is 6.07 Å². The molecule has 0 aliphatic carbocycles. The van der Waals surface area contributed by atoms with Gasteiger partial charge < -0.3 is 14.6 Å². The summed E-state index contributed by atoms with van der Waals surface area (Å²) in [4.78, 5) is 16.1. The average molecular weight is 313 g/mol. The fourth-order valence-corrected chi connectivity index (χ4v) is 2.06. The number of amides is 1. The number of nitrogens with one attached hydrogen (secondary N) is 2. The number of methoxy groups -OCH3 is 1. The van der Waals surface area contributed by atoms with E-state index in [2.05, 4.69) is 25.7 Å². The lowest BCUT2D eigenvalue weighted by molar-refractivity contribution is -0.116. The lowest BCUT2D eigenvalue weighted by atomic mass is 10.2. The lowest BCUT2D eigenvalue weighted by Crippen LogP contribution is -2.12. The third-order valence-corrected chi connectivity index (χ3v) is 3.18. The summed E-state index contributed by atoms with van der Waals surface area (Å²) >= 11 is 0. The summed E-state index contributed by atoms with van der Waals surface area (Å²) in [5, 5.41) is 13.1. The first-order valence-electron chi connectivity index (χ1n) is 7.00. The van der Waals surface area contributed by atoms with Gasteiger partial charge in [-0.05, 0) is 17.3 Å². The van der Waals surface area contributed by atoms with Crippen molar-refractivity contribution in [2.24, 2.45) is 0 Å². The molecule has 2 heterocycles. The monoisotopic (exact) mass is 313 g/mol. The van der Waals surface area contributed by atoms with Gasteiger partial charge in [-0.3, -0.25) is 9.89 Å². The zero-order valence-electron chi connectivity index (χ0n) is 12.4. The van der Waals surface area contributed by atoms with Crippen molar-refractivity contribution in [1.29, 1.82) is 0 Å². The van der Waals surface area contributed by atoms with Gasteiger partial charge in [0.15, 0.2) is 5.82 Å². The zero-order chi connectivity index (χ0) is 16.1. The molecule has 2 aromatic heterocycles. The second-order valence-electron chi connectivity index (χ2n) is 4.80. The Morgan fingerprint density at radius 1 is 1.39 bits per heavy atom. The van der Waals surface area contributed by atoms with Crippen molar-refractivity contribution in [2.45, 2.75) is 12.8 Å². The van der Waals surface area contributed by atoms with Crippen molar-refractivity contribution >= 4 is 11.6 Å². The summed E-state index contributed by atoms with van der Waals surface area (Å²) in [5.74, 6) is 1.54. The second kappa shape index (κ2) is 6.73. The van der Waals surface area contributed by atoms with Gasteiger partial charge in [0.05, 0.1) is 7.11 Å². The van der Waals surface area contributed by atoms with Crippen LogP contribution in [-0.4, -0.2) is 33.4 Å². The normalized spacial score (nSPS) is 10.5. The van der Waals surface area contributed by atoms with Crippen LogP contribution in [0.2, 0.25) is 0 Å². The molecule has 2 N–H and O–H groups in total. The van der Waals surface area contributed by atoms with Crippen molar-refractivity contribution in [2.75, 3.05) is 12.4 Å². The van der Waals surface area contributed by atoms with Crippen molar-refractivity contribution in [3.05, 3.63) is 42.4 Å². The maximum absolute atomic E-state index is 12.0. The zero-order valence-corrected chi connectivity index (χ0v) is 12.4. The minimum atomic E-state index is -0.116. The molecular weight excluding hydrogens is 298 g/mol. The number of carbonyl (C=O) groups excluding carboxylic acids is 1. The first-order valence-corrected chi connectivity index (χ1v) is 7.00. The molecule has 1 amide bonds. The van der Waals surface area contributed by atoms with Gasteiger partial charge in [0.1, 0.15) is 12.1 Å². The fourth-order valence-electron chi connectivity index (χ4n) is 2.06. The molecule has 8 heteroatoms. The number of aryl methyl sites for hydroxylation is 1. The minimum Gasteiger partial charge on any atom is -0.479 e. The molecule has 3 aromatic rings. The van der Waals surface area contributed by atoms with Crippen LogP contribution < -0.4 is 10.1 Å². The Morgan fingerprint density at radius 3 is 3.04 bits per heavy atom. The lowest BCUT2D eigenvalue weighted by Gasteiger charge is -2.05. The summed E-state index contributed by atoms with van der Waals surface area (Å²) in [7, 11) is 1.51. The molecule has 0 fully saturated rings. The molecule has 1 aromatic carbocycles. The van der Waals surface area contributed by atoms with Crippen molar-refractivity contribution in [1.82, 2.24) is 20.3 Å². The van der Waals surface area contributed by atoms with Crippen LogP contribution in [0.4, 0.5) is 5.69 Å². The Morgan fingerprint density at radius 2 is 2.30 bits per heavy atom. The third kappa shape index (κ3) is 3.73. The minimum absolute atomic E-state index is 0.116. The van der Waals surface area contributed by atoms with E-state index in [0.717, 1.165) is 5.56 Å². The largest absolute Gasteiger partial charge is 0.479 e. The molecule has 0 aliphatic heterocycles. The maximum Gasteiger partial charge on any atom is 0.254 e. The fraction of sp³-hybridized carbons (Fsp3) is 0.200. The van der Waals surface area contributed by atoms with Crippen LogP contribution in [0.3, 0.4) is 0 Å². The molecule has 0 atom stereocenters. The predicted octanol–water partition coefficient (Wildman–Crippen LogP) is 2.04. The standard InChI is InChI=1S/C15H15N5O3/c1-22-14-8-12(23-20-14)5-6-13(21)18-11-4-2-3-10(7-11)15-16-9-17-19-15/h2-4,7-9H,5-6H2,1H3,(H,18,21)(H,16,17,19). The highest BCUT2D eigenvalue weighted by molar-refractivity contribution is 5.91. The summed E-state index contributed by atoms with van der Waals surface area (Å²) in [6, 6.07) is 9.04. The Balaban J connectivity index is 1.58. The van der Waals surface area contributed by atoms with E-state index < -0.39 is 0 Å². The van der Waals surface area contributed by atoms with Crippen LogP contribution in [0.1, 0.15) is 12.2 Å². The number of anilines is 1. The molecule has 118 valence electrons. The van der Waals surface area contributed by atoms with Crippen molar-refractivity contribution in [3.63, 3.8) is 0 Å². The van der Waals surface area contributed by atoms with E-state index in [1.165, 1.54) is 13.4 Å². The maximum atomic E-state index is 12.0. The van der Waals surface area contributed by atoms with Gasteiger partial charge in [-0.25, -0.2) is 4.98 Å². The van der Waals surface area contributed by atoms with E-state index in [-0.39, 0.29) is 12.3 Å². The van der Waals surface area contributed by atoms with Gasteiger partial charge in [-0.15, -0.1) is 0 Å². The molecule has 0 saturated carbocycles. The van der Waals surface area contributed by atoms with E-state index in [1.807, 2.05) is 24.3 Å². The highest BCUT2D eigenvalue weighted by atomic mass is 16.5. The number of hydrogen-bond donors (Lipinski definition) is 2. The number of aromatic nitrogens is 4. The van der Waals surface area contributed by atoms with E-state index in [0.29, 0.717) is 29.6 Å². The number of H-pyrrole nitrogens is 1. The number of ether oxygens (including phenoxy) is 1. The van der Waals surface area contributed by atoms with Gasteiger partial charge in [-0.1, -0.05) is 12.1 Å². The quantitative estimate of drug-likeness (QED) is 0.721. The van der Waals surface area contributed by atoms with E-state index in [4.69, 9.17) is 9.26 Å². The van der Waals surface area contributed by atoms with Crippen LogP contribution in [0.5, 0.6) is 5.88 Å². The van der Waals surface area contributed by atoms with E-state index in [9.17, 15) is 4.79 Å². The Bertz CT molecular complexity index is 782. The number of rotatable bonds is 6. The average Bonchev–Trinajstić information content (AvgIpc) is 3.25. The smallest absolute Gasteiger partial charge is 0.254 e. The molecule has 8 nitrogen and oxygen atoms in total. The number of carbonyl (C=O) groups is 1.